The molecule has 5 nitrogen and oxygen atoms in total. The molecule has 3 heterocycles. The van der Waals surface area contributed by atoms with Crippen LogP contribution in [0.5, 0.6) is 11.5 Å². The van der Waals surface area contributed by atoms with Gasteiger partial charge < -0.3 is 9.30 Å². The predicted octanol–water partition coefficient (Wildman–Crippen LogP) is 12.8. The van der Waals surface area contributed by atoms with Gasteiger partial charge in [-0.2, -0.15) is 17.2 Å². The van der Waals surface area contributed by atoms with Crippen LogP contribution in [-0.2, 0) is 39.3 Å². The maximum absolute atomic E-state index is 6.58. The van der Waals surface area contributed by atoms with Gasteiger partial charge in [0.25, 0.3) is 0 Å². The summed E-state index contributed by atoms with van der Waals surface area (Å²) in [6.07, 6.45) is 7.27. The molecule has 3 aromatic heterocycles. The molecule has 0 aliphatic carbocycles. The average molecular weight is 896 g/mol. The Balaban J connectivity index is 0.00000497. The Bertz CT molecular complexity index is 2360. The van der Waals surface area contributed by atoms with Gasteiger partial charge in [0.05, 0.1) is 5.69 Å². The van der Waals surface area contributed by atoms with E-state index in [9.17, 15) is 0 Å². The summed E-state index contributed by atoms with van der Waals surface area (Å²) in [5.74, 6) is 3.28. The molecule has 4 aromatic carbocycles. The predicted molar refractivity (Wildman–Crippen MR) is 220 cm³/mol. The first-order valence-corrected chi connectivity index (χ1v) is 19.4. The van der Waals surface area contributed by atoms with Gasteiger partial charge in [0.2, 0.25) is 0 Å². The number of aryl methyl sites for hydroxylation is 1. The maximum Gasteiger partial charge on any atom is 2.00 e. The van der Waals surface area contributed by atoms with Crippen LogP contribution in [0.25, 0.3) is 44.4 Å². The number of pyridine rings is 1. The third-order valence-corrected chi connectivity index (χ3v) is 10.6. The summed E-state index contributed by atoms with van der Waals surface area (Å²) >= 11 is 0. The molecular formula is C48H52N4OPt. The van der Waals surface area contributed by atoms with Crippen molar-refractivity contribution in [2.45, 2.75) is 98.8 Å². The molecule has 0 spiro atoms. The smallest absolute Gasteiger partial charge is 0.509 e. The van der Waals surface area contributed by atoms with E-state index in [-0.39, 0.29) is 26.5 Å². The summed E-state index contributed by atoms with van der Waals surface area (Å²) < 4.78 is 10.9. The quantitative estimate of drug-likeness (QED) is 0.115. The van der Waals surface area contributed by atoms with E-state index in [2.05, 4.69) is 139 Å². The zero-order valence-electron chi connectivity index (χ0n) is 32.9. The molecule has 0 aliphatic rings. The molecular weight excluding hydrogens is 844 g/mol. The Hall–Kier alpha value is -4.47. The molecule has 6 heteroatoms. The van der Waals surface area contributed by atoms with Crippen molar-refractivity contribution >= 4 is 21.8 Å². The zero-order chi connectivity index (χ0) is 37.3. The molecule has 2 unspecified atom stereocenters. The van der Waals surface area contributed by atoms with E-state index in [0.29, 0.717) is 23.3 Å². The summed E-state index contributed by atoms with van der Waals surface area (Å²) in [5.41, 5.74) is 10.1. The van der Waals surface area contributed by atoms with Crippen LogP contribution in [-0.4, -0.2) is 19.3 Å². The van der Waals surface area contributed by atoms with Gasteiger partial charge in [0, 0.05) is 34.5 Å². The fourth-order valence-electron chi connectivity index (χ4n) is 7.86. The zero-order valence-corrected chi connectivity index (χ0v) is 35.2. The van der Waals surface area contributed by atoms with Gasteiger partial charge in [-0.3, -0.25) is 4.68 Å². The fraction of sp³-hybridized carbons (Fsp3) is 0.333. The van der Waals surface area contributed by atoms with Crippen molar-refractivity contribution in [1.29, 1.82) is 0 Å². The van der Waals surface area contributed by atoms with Crippen LogP contribution in [0.3, 0.4) is 0 Å². The number of benzene rings is 4. The number of fused-ring (bicyclic) bond motifs is 3. The summed E-state index contributed by atoms with van der Waals surface area (Å²) in [7, 11) is 0. The number of ether oxygens (including phenoxy) is 1. The molecule has 0 N–H and O–H groups in total. The van der Waals surface area contributed by atoms with Gasteiger partial charge in [-0.15, -0.1) is 35.7 Å². The van der Waals surface area contributed by atoms with Crippen LogP contribution in [0.2, 0.25) is 0 Å². The van der Waals surface area contributed by atoms with Gasteiger partial charge >= 0.3 is 21.1 Å². The van der Waals surface area contributed by atoms with E-state index >= 15 is 0 Å². The Morgan fingerprint density at radius 3 is 2.30 bits per heavy atom. The average Bonchev–Trinajstić information content (AvgIpc) is 3.70. The Labute approximate surface area is 336 Å². The second kappa shape index (κ2) is 16.5. The number of hydrogen-bond acceptors (Lipinski definition) is 3. The standard InChI is InChI=1S/C48H52N4O.Pt/c1-9-16-32(4)27-33(5)35-21-24-44-41(28-35)40-23-22-39(31-45(40)51(44)46-29-36(25-26-49-46)48(6,7)8)53-38-20-15-19-37(30-38)52-43(11-3)47(42(10-2)50-52)34-17-13-12-14-18-34;/h12-15,17-26,28-29,32-33H,9-11,16,27H2,1-8H3;/q-2;+2. The third kappa shape index (κ3) is 7.84. The first-order valence-electron chi connectivity index (χ1n) is 19.4. The van der Waals surface area contributed by atoms with Crippen molar-refractivity contribution in [3.05, 3.63) is 132 Å². The van der Waals surface area contributed by atoms with E-state index in [1.807, 2.05) is 35.1 Å². The molecule has 7 aromatic rings. The topological polar surface area (TPSA) is 44.9 Å². The molecule has 0 fully saturated rings. The van der Waals surface area contributed by atoms with Crippen molar-refractivity contribution < 1.29 is 25.8 Å². The van der Waals surface area contributed by atoms with E-state index < -0.39 is 0 Å². The van der Waals surface area contributed by atoms with Crippen LogP contribution in [0.15, 0.2) is 97.2 Å². The van der Waals surface area contributed by atoms with Gasteiger partial charge in [-0.1, -0.05) is 116 Å². The molecule has 0 radical (unpaired) electrons. The van der Waals surface area contributed by atoms with Gasteiger partial charge in [-0.05, 0) is 82.5 Å². The first-order chi connectivity index (χ1) is 25.6. The molecule has 0 bridgehead atoms. The van der Waals surface area contributed by atoms with Crippen molar-refractivity contribution in [2.24, 2.45) is 5.92 Å². The first kappa shape index (κ1) is 39.2. The van der Waals surface area contributed by atoms with Gasteiger partial charge in [0.15, 0.2) is 0 Å². The van der Waals surface area contributed by atoms with Crippen LogP contribution >= 0.6 is 0 Å². The number of rotatable bonds is 12. The van der Waals surface area contributed by atoms with Crippen molar-refractivity contribution in [2.75, 3.05) is 0 Å². The molecule has 0 saturated carbocycles. The molecule has 0 saturated heterocycles. The summed E-state index contributed by atoms with van der Waals surface area (Å²) in [4.78, 5) is 4.91. The Morgan fingerprint density at radius 2 is 1.57 bits per heavy atom. The third-order valence-electron chi connectivity index (χ3n) is 10.6. The molecule has 0 amide bonds. The van der Waals surface area contributed by atoms with Crippen molar-refractivity contribution in [3.63, 3.8) is 0 Å². The monoisotopic (exact) mass is 895 g/mol. The number of aromatic nitrogens is 4. The van der Waals surface area contributed by atoms with E-state index in [0.717, 1.165) is 52.2 Å². The normalized spacial score (nSPS) is 12.9. The SMILES string of the molecule is CCCC(C)CC(C)c1ccc2c(c1)c1ccc(Oc3[c-]c(-n4nc(CC)c(-c5ccccc5)c4CC)ccc3)[c-]c1n2-c1cc(C(C)(C)C)ccn1.[Pt+2]. The molecule has 7 rings (SSSR count). The van der Waals surface area contributed by atoms with E-state index in [4.69, 9.17) is 14.8 Å². The van der Waals surface area contributed by atoms with Crippen molar-refractivity contribution in [3.8, 4) is 34.1 Å². The largest absolute Gasteiger partial charge is 2.00 e. The number of nitrogens with zero attached hydrogens (tertiary/aromatic N) is 4. The second-order valence-electron chi connectivity index (χ2n) is 15.6. The molecule has 0 aliphatic heterocycles. The van der Waals surface area contributed by atoms with Gasteiger partial charge in [-0.25, -0.2) is 4.98 Å². The summed E-state index contributed by atoms with van der Waals surface area (Å²) in [6.45, 7) is 18.1. The minimum absolute atomic E-state index is 0. The molecule has 280 valence electrons. The van der Waals surface area contributed by atoms with Crippen molar-refractivity contribution in [1.82, 2.24) is 19.3 Å². The maximum atomic E-state index is 6.58. The fourth-order valence-corrected chi connectivity index (χ4v) is 7.86. The Morgan fingerprint density at radius 1 is 0.796 bits per heavy atom. The molecule has 2 atom stereocenters. The summed E-state index contributed by atoms with van der Waals surface area (Å²) in [6, 6.07) is 39.3. The van der Waals surface area contributed by atoms with E-state index in [1.165, 1.54) is 46.9 Å². The van der Waals surface area contributed by atoms with Gasteiger partial charge in [0.1, 0.15) is 5.82 Å². The van der Waals surface area contributed by atoms with Crippen LogP contribution in [0, 0.1) is 18.1 Å². The minimum Gasteiger partial charge on any atom is -0.509 e. The number of hydrogen-bond donors (Lipinski definition) is 0. The minimum atomic E-state index is -0.0148. The summed E-state index contributed by atoms with van der Waals surface area (Å²) in [5, 5.41) is 7.42. The van der Waals surface area contributed by atoms with Crippen LogP contribution < -0.4 is 4.74 Å². The van der Waals surface area contributed by atoms with E-state index in [1.54, 1.807) is 0 Å². The van der Waals surface area contributed by atoms with Crippen LogP contribution in [0.4, 0.5) is 0 Å². The Kier molecular flexibility index (Phi) is 12.0. The second-order valence-corrected chi connectivity index (χ2v) is 15.6. The molecule has 54 heavy (non-hydrogen) atoms. The van der Waals surface area contributed by atoms with Crippen LogP contribution in [0.1, 0.15) is 103 Å².